The lowest BCUT2D eigenvalue weighted by molar-refractivity contribution is 0.576. The van der Waals surface area contributed by atoms with Crippen LogP contribution in [-0.4, -0.2) is 20.3 Å². The maximum Gasteiger partial charge on any atom is 0.250 e. The second-order valence-corrected chi connectivity index (χ2v) is 7.94. The van der Waals surface area contributed by atoms with Crippen LogP contribution in [0.2, 0.25) is 0 Å². The first-order valence-electron chi connectivity index (χ1n) is 5.68. The maximum atomic E-state index is 11.8. The van der Waals surface area contributed by atoms with Crippen LogP contribution in [0.3, 0.4) is 0 Å². The number of hydrogen-bond acceptors (Lipinski definition) is 3. The summed E-state index contributed by atoms with van der Waals surface area (Å²) in [5.74, 6) is 0. The highest BCUT2D eigenvalue weighted by Gasteiger charge is 2.14. The lowest BCUT2D eigenvalue weighted by Crippen LogP contribution is -2.23. The Morgan fingerprint density at radius 3 is 2.53 bits per heavy atom. The van der Waals surface area contributed by atoms with E-state index in [1.807, 2.05) is 13.0 Å². The van der Waals surface area contributed by atoms with E-state index in [4.69, 9.17) is 0 Å². The summed E-state index contributed by atoms with van der Waals surface area (Å²) in [5, 5.41) is 1.02. The summed E-state index contributed by atoms with van der Waals surface area (Å²) < 4.78 is 26.7. The van der Waals surface area contributed by atoms with Gasteiger partial charge >= 0.3 is 0 Å². The number of halogens is 1. The van der Waals surface area contributed by atoms with Crippen molar-refractivity contribution in [1.82, 2.24) is 4.72 Å². The molecule has 0 aliphatic carbocycles. The minimum absolute atomic E-state index is 0.412. The third-order valence-corrected chi connectivity index (χ3v) is 5.85. The van der Waals surface area contributed by atoms with E-state index in [2.05, 4.69) is 20.7 Å². The minimum Gasteiger partial charge on any atom is -0.210 e. The number of nitrogens with one attached hydrogen (secondary N) is 1. The first-order valence-corrected chi connectivity index (χ1v) is 9.10. The molecule has 1 N–H and O–H groups in total. The van der Waals surface area contributed by atoms with E-state index in [0.29, 0.717) is 10.8 Å². The molecule has 1 aromatic heterocycles. The van der Waals surface area contributed by atoms with Crippen molar-refractivity contribution in [3.63, 3.8) is 0 Å². The summed E-state index contributed by atoms with van der Waals surface area (Å²) in [7, 11) is -3.27. The molecule has 3 nitrogen and oxygen atoms in total. The zero-order chi connectivity index (χ0) is 12.7. The smallest absolute Gasteiger partial charge is 0.210 e. The minimum atomic E-state index is -3.27. The molecule has 0 aliphatic rings. The van der Waals surface area contributed by atoms with Crippen LogP contribution < -0.4 is 4.72 Å². The Morgan fingerprint density at radius 2 is 1.94 bits per heavy atom. The summed E-state index contributed by atoms with van der Waals surface area (Å²) in [6, 6.07) is 3.49. The summed E-state index contributed by atoms with van der Waals surface area (Å²) in [6.45, 7) is 2.44. The summed E-state index contributed by atoms with van der Waals surface area (Å²) in [4.78, 5) is 1.02. The molecular weight excluding hydrogens is 322 g/mol. The van der Waals surface area contributed by atoms with Gasteiger partial charge < -0.3 is 0 Å². The van der Waals surface area contributed by atoms with Crippen molar-refractivity contribution in [2.24, 2.45) is 0 Å². The second kappa shape index (κ2) is 7.51. The largest absolute Gasteiger partial charge is 0.250 e. The molecule has 17 heavy (non-hydrogen) atoms. The summed E-state index contributed by atoms with van der Waals surface area (Å²) in [6.07, 6.45) is 4.26. The Bertz CT molecular complexity index is 428. The Kier molecular flexibility index (Phi) is 6.69. The van der Waals surface area contributed by atoms with Gasteiger partial charge in [-0.25, -0.2) is 13.1 Å². The van der Waals surface area contributed by atoms with Crippen molar-refractivity contribution < 1.29 is 8.42 Å². The molecule has 0 amide bonds. The lowest BCUT2D eigenvalue weighted by atomic mass is 10.2. The van der Waals surface area contributed by atoms with E-state index in [1.165, 1.54) is 11.3 Å². The predicted molar refractivity (Wildman–Crippen MR) is 76.5 cm³/mol. The van der Waals surface area contributed by atoms with Gasteiger partial charge in [0.05, 0.1) is 0 Å². The number of unbranched alkanes of at least 4 members (excludes halogenated alkanes) is 3. The number of hydrogen-bond donors (Lipinski definition) is 1. The highest BCUT2D eigenvalue weighted by atomic mass is 79.9. The molecule has 1 heterocycles. The van der Waals surface area contributed by atoms with E-state index in [-0.39, 0.29) is 0 Å². The van der Waals surface area contributed by atoms with Gasteiger partial charge in [-0.15, -0.1) is 11.3 Å². The van der Waals surface area contributed by atoms with Crippen LogP contribution in [0.1, 0.15) is 30.6 Å². The van der Waals surface area contributed by atoms with Crippen LogP contribution in [0.15, 0.2) is 16.3 Å². The number of rotatable bonds is 8. The monoisotopic (exact) mass is 339 g/mol. The van der Waals surface area contributed by atoms with E-state index in [9.17, 15) is 8.42 Å². The van der Waals surface area contributed by atoms with Crippen LogP contribution in [0, 0.1) is 6.92 Å². The third kappa shape index (κ3) is 5.50. The first-order chi connectivity index (χ1) is 8.06. The van der Waals surface area contributed by atoms with Gasteiger partial charge in [-0.3, -0.25) is 0 Å². The van der Waals surface area contributed by atoms with E-state index in [1.54, 1.807) is 6.07 Å². The fraction of sp³-hybridized carbons (Fsp3) is 0.636. The molecule has 0 unspecified atom stereocenters. The molecular formula is C11H18BrNO2S2. The average Bonchev–Trinajstić information content (AvgIpc) is 2.71. The highest BCUT2D eigenvalue weighted by molar-refractivity contribution is 9.09. The average molecular weight is 340 g/mol. The first kappa shape index (κ1) is 15.1. The Hall–Kier alpha value is 0.0900. The molecule has 0 aliphatic heterocycles. The molecule has 0 saturated heterocycles. The van der Waals surface area contributed by atoms with Gasteiger partial charge in [0.15, 0.2) is 0 Å². The number of thiophene rings is 1. The Labute approximate surface area is 116 Å². The fourth-order valence-electron chi connectivity index (χ4n) is 1.41. The van der Waals surface area contributed by atoms with E-state index >= 15 is 0 Å². The Morgan fingerprint density at radius 1 is 1.24 bits per heavy atom. The topological polar surface area (TPSA) is 46.2 Å². The van der Waals surface area contributed by atoms with Crippen molar-refractivity contribution >= 4 is 37.3 Å². The van der Waals surface area contributed by atoms with Gasteiger partial charge in [0.2, 0.25) is 10.0 Å². The van der Waals surface area contributed by atoms with E-state index < -0.39 is 10.0 Å². The van der Waals surface area contributed by atoms with Crippen molar-refractivity contribution in [3.05, 3.63) is 17.0 Å². The highest BCUT2D eigenvalue weighted by Crippen LogP contribution is 2.20. The van der Waals surface area contributed by atoms with Crippen LogP contribution in [-0.2, 0) is 10.0 Å². The fourth-order valence-corrected chi connectivity index (χ4v) is 4.21. The second-order valence-electron chi connectivity index (χ2n) is 3.87. The molecule has 0 fully saturated rings. The molecule has 0 atom stereocenters. The molecule has 0 aromatic carbocycles. The van der Waals surface area contributed by atoms with Gasteiger partial charge in [-0.2, -0.15) is 0 Å². The van der Waals surface area contributed by atoms with Crippen LogP contribution in [0.25, 0.3) is 0 Å². The molecule has 1 rings (SSSR count). The zero-order valence-corrected chi connectivity index (χ0v) is 13.1. The van der Waals surface area contributed by atoms with Gasteiger partial charge in [0.1, 0.15) is 4.21 Å². The van der Waals surface area contributed by atoms with Crippen molar-refractivity contribution in [3.8, 4) is 0 Å². The standard InChI is InChI=1S/C11H18BrNO2S2/c1-10-6-7-11(16-10)17(14,15)13-9-5-3-2-4-8-12/h6-7,13H,2-5,8-9H2,1H3. The zero-order valence-electron chi connectivity index (χ0n) is 9.91. The number of aryl methyl sites for hydroxylation is 1. The molecule has 98 valence electrons. The van der Waals surface area contributed by atoms with Crippen LogP contribution in [0.4, 0.5) is 0 Å². The lowest BCUT2D eigenvalue weighted by Gasteiger charge is -2.04. The quantitative estimate of drug-likeness (QED) is 0.583. The SMILES string of the molecule is Cc1ccc(S(=O)(=O)NCCCCCCBr)s1. The maximum absolute atomic E-state index is 11.8. The van der Waals surface area contributed by atoms with Crippen LogP contribution >= 0.6 is 27.3 Å². The Balaban J connectivity index is 2.31. The van der Waals surface area contributed by atoms with Crippen molar-refractivity contribution in [2.45, 2.75) is 36.8 Å². The van der Waals surface area contributed by atoms with Crippen LogP contribution in [0.5, 0.6) is 0 Å². The molecule has 0 radical (unpaired) electrons. The molecule has 0 bridgehead atoms. The number of alkyl halides is 1. The van der Waals surface area contributed by atoms with Crippen molar-refractivity contribution in [1.29, 1.82) is 0 Å². The summed E-state index contributed by atoms with van der Waals surface area (Å²) in [5.41, 5.74) is 0. The molecule has 6 heteroatoms. The normalized spacial score (nSPS) is 11.9. The van der Waals surface area contributed by atoms with Gasteiger partial charge in [0.25, 0.3) is 0 Å². The molecule has 1 aromatic rings. The van der Waals surface area contributed by atoms with Gasteiger partial charge in [-0.05, 0) is 31.9 Å². The molecule has 0 saturated carbocycles. The van der Waals surface area contributed by atoms with Crippen molar-refractivity contribution in [2.75, 3.05) is 11.9 Å². The van der Waals surface area contributed by atoms with Gasteiger partial charge in [0, 0.05) is 16.8 Å². The van der Waals surface area contributed by atoms with E-state index in [0.717, 1.165) is 35.9 Å². The van der Waals surface area contributed by atoms with Gasteiger partial charge in [-0.1, -0.05) is 28.8 Å². The molecule has 0 spiro atoms. The number of sulfonamides is 1. The predicted octanol–water partition coefficient (Wildman–Crippen LogP) is 3.29. The third-order valence-electron chi connectivity index (χ3n) is 2.33. The summed E-state index contributed by atoms with van der Waals surface area (Å²) >= 11 is 4.68.